The quantitative estimate of drug-likeness (QED) is 0.345. The number of hydrogen-bond donors (Lipinski definition) is 0. The second-order valence-electron chi connectivity index (χ2n) is 4.52. The Labute approximate surface area is 113 Å². The Balaban J connectivity index is 2.22. The molecule has 2 aromatic carbocycles. The Kier molecular flexibility index (Phi) is 4.14. The van der Waals surface area contributed by atoms with E-state index in [1.54, 1.807) is 0 Å². The van der Waals surface area contributed by atoms with Gasteiger partial charge in [-0.15, -0.1) is 0 Å². The molecule has 96 valence electrons. The summed E-state index contributed by atoms with van der Waals surface area (Å²) in [4.78, 5) is 0. The first-order chi connectivity index (χ1) is 9.16. The Morgan fingerprint density at radius 1 is 1.00 bits per heavy atom. The van der Waals surface area contributed by atoms with Gasteiger partial charge in [-0.1, -0.05) is 48.0 Å². The van der Waals surface area contributed by atoms with Crippen molar-refractivity contribution in [3.05, 3.63) is 77.0 Å². The first-order valence-corrected chi connectivity index (χ1v) is 6.27. The van der Waals surface area contributed by atoms with Crippen molar-refractivity contribution in [2.24, 2.45) is 0 Å². The standard InChI is InChI=1S/C17H17NO/c1-14-8-12-17(13-9-14)18(19)15(2)10-11-16-6-4-3-5-7-16/h3-13H,1-2H3/b11-10+,18-15-. The molecular formula is C17H17NO. The van der Waals surface area contributed by atoms with E-state index in [0.717, 1.165) is 15.9 Å². The van der Waals surface area contributed by atoms with Gasteiger partial charge in [0, 0.05) is 25.1 Å². The zero-order valence-corrected chi connectivity index (χ0v) is 11.2. The molecule has 0 N–H and O–H groups in total. The Morgan fingerprint density at radius 2 is 1.63 bits per heavy atom. The highest BCUT2D eigenvalue weighted by atomic mass is 16.5. The fourth-order valence-electron chi connectivity index (χ4n) is 1.73. The van der Waals surface area contributed by atoms with Gasteiger partial charge in [0.2, 0.25) is 5.69 Å². The summed E-state index contributed by atoms with van der Waals surface area (Å²) in [6.07, 6.45) is 3.77. The lowest BCUT2D eigenvalue weighted by atomic mass is 10.2. The van der Waals surface area contributed by atoms with Crippen LogP contribution < -0.4 is 0 Å². The van der Waals surface area contributed by atoms with Gasteiger partial charge >= 0.3 is 0 Å². The van der Waals surface area contributed by atoms with Crippen molar-refractivity contribution in [1.29, 1.82) is 0 Å². The van der Waals surface area contributed by atoms with Gasteiger partial charge < -0.3 is 5.21 Å². The molecule has 0 amide bonds. The summed E-state index contributed by atoms with van der Waals surface area (Å²) in [5.41, 5.74) is 3.54. The fourth-order valence-corrected chi connectivity index (χ4v) is 1.73. The van der Waals surface area contributed by atoms with Crippen molar-refractivity contribution in [3.63, 3.8) is 0 Å². The number of rotatable bonds is 3. The van der Waals surface area contributed by atoms with Crippen LogP contribution in [0.1, 0.15) is 18.1 Å². The van der Waals surface area contributed by atoms with Crippen LogP contribution in [-0.4, -0.2) is 10.5 Å². The summed E-state index contributed by atoms with van der Waals surface area (Å²) < 4.78 is 0.943. The van der Waals surface area contributed by atoms with Gasteiger partial charge in [0.15, 0.2) is 5.71 Å². The topological polar surface area (TPSA) is 26.1 Å². The first-order valence-electron chi connectivity index (χ1n) is 6.27. The lowest BCUT2D eigenvalue weighted by Gasteiger charge is -2.05. The summed E-state index contributed by atoms with van der Waals surface area (Å²) in [5.74, 6) is 0. The van der Waals surface area contributed by atoms with Crippen molar-refractivity contribution in [1.82, 2.24) is 0 Å². The smallest absolute Gasteiger partial charge is 0.216 e. The highest BCUT2D eigenvalue weighted by molar-refractivity contribution is 5.93. The number of aryl methyl sites for hydroxylation is 1. The maximum absolute atomic E-state index is 12.1. The first kappa shape index (κ1) is 13.1. The van der Waals surface area contributed by atoms with Gasteiger partial charge in [-0.3, -0.25) is 0 Å². The number of benzene rings is 2. The van der Waals surface area contributed by atoms with Crippen LogP contribution >= 0.6 is 0 Å². The normalized spacial score (nSPS) is 12.5. The minimum absolute atomic E-state index is 0.654. The minimum Gasteiger partial charge on any atom is -0.618 e. The highest BCUT2D eigenvalue weighted by Gasteiger charge is 2.03. The third-order valence-electron chi connectivity index (χ3n) is 2.91. The molecule has 0 aromatic heterocycles. The van der Waals surface area contributed by atoms with Gasteiger partial charge in [-0.2, -0.15) is 4.74 Å². The van der Waals surface area contributed by atoms with Crippen LogP contribution in [0.15, 0.2) is 60.7 Å². The maximum atomic E-state index is 12.1. The van der Waals surface area contributed by atoms with Gasteiger partial charge in [0.05, 0.1) is 0 Å². The molecule has 2 heteroatoms. The van der Waals surface area contributed by atoms with Crippen molar-refractivity contribution in [3.8, 4) is 0 Å². The van der Waals surface area contributed by atoms with Crippen LogP contribution in [0.3, 0.4) is 0 Å². The zero-order valence-electron chi connectivity index (χ0n) is 11.2. The van der Waals surface area contributed by atoms with Crippen molar-refractivity contribution < 1.29 is 4.74 Å². The van der Waals surface area contributed by atoms with Crippen LogP contribution in [0.5, 0.6) is 0 Å². The average molecular weight is 251 g/mol. The predicted molar refractivity (Wildman–Crippen MR) is 80.6 cm³/mol. The summed E-state index contributed by atoms with van der Waals surface area (Å²) in [6, 6.07) is 17.5. The fraction of sp³-hybridized carbons (Fsp3) is 0.118. The summed E-state index contributed by atoms with van der Waals surface area (Å²) >= 11 is 0. The summed E-state index contributed by atoms with van der Waals surface area (Å²) in [5, 5.41) is 12.1. The van der Waals surface area contributed by atoms with E-state index in [1.807, 2.05) is 80.6 Å². The Morgan fingerprint density at radius 3 is 2.26 bits per heavy atom. The second kappa shape index (κ2) is 6.01. The van der Waals surface area contributed by atoms with Crippen LogP contribution in [0.25, 0.3) is 6.08 Å². The van der Waals surface area contributed by atoms with E-state index in [9.17, 15) is 5.21 Å². The molecule has 19 heavy (non-hydrogen) atoms. The van der Waals surface area contributed by atoms with Crippen molar-refractivity contribution in [2.75, 3.05) is 0 Å². The second-order valence-corrected chi connectivity index (χ2v) is 4.52. The van der Waals surface area contributed by atoms with Crippen molar-refractivity contribution >= 4 is 17.5 Å². The van der Waals surface area contributed by atoms with Gasteiger partial charge in [-0.25, -0.2) is 0 Å². The van der Waals surface area contributed by atoms with Gasteiger partial charge in [0.1, 0.15) is 0 Å². The molecule has 2 rings (SSSR count). The summed E-state index contributed by atoms with van der Waals surface area (Å²) in [6.45, 7) is 3.82. The van der Waals surface area contributed by atoms with E-state index in [0.29, 0.717) is 11.4 Å². The number of nitrogens with zero attached hydrogens (tertiary/aromatic N) is 1. The molecule has 0 unspecified atom stereocenters. The van der Waals surface area contributed by atoms with Gasteiger partial charge in [0.25, 0.3) is 0 Å². The van der Waals surface area contributed by atoms with Gasteiger partial charge in [-0.05, 0) is 18.6 Å². The molecule has 0 fully saturated rings. The molecule has 2 aromatic rings. The van der Waals surface area contributed by atoms with E-state index in [1.165, 1.54) is 0 Å². The average Bonchev–Trinajstić information content (AvgIpc) is 2.46. The van der Waals surface area contributed by atoms with E-state index < -0.39 is 0 Å². The van der Waals surface area contributed by atoms with E-state index in [-0.39, 0.29) is 0 Å². The molecular weight excluding hydrogens is 234 g/mol. The maximum Gasteiger partial charge on any atom is 0.216 e. The largest absolute Gasteiger partial charge is 0.618 e. The lowest BCUT2D eigenvalue weighted by Crippen LogP contribution is -2.04. The highest BCUT2D eigenvalue weighted by Crippen LogP contribution is 2.12. The van der Waals surface area contributed by atoms with Crippen LogP contribution in [0, 0.1) is 12.1 Å². The molecule has 0 spiro atoms. The number of hydrogen-bond acceptors (Lipinski definition) is 1. The predicted octanol–water partition coefficient (Wildman–Crippen LogP) is 4.31. The summed E-state index contributed by atoms with van der Waals surface area (Å²) in [7, 11) is 0. The van der Waals surface area contributed by atoms with E-state index >= 15 is 0 Å². The minimum atomic E-state index is 0.654. The molecule has 0 heterocycles. The molecule has 0 atom stereocenters. The molecule has 0 aliphatic carbocycles. The molecule has 0 saturated carbocycles. The molecule has 0 aliphatic rings. The molecule has 0 aliphatic heterocycles. The molecule has 0 bridgehead atoms. The SMILES string of the molecule is CC(/C=C/c1ccccc1)=[N+](/[O-])c1ccc(C)cc1. The third-order valence-corrected chi connectivity index (χ3v) is 2.91. The molecule has 0 saturated heterocycles. The lowest BCUT2D eigenvalue weighted by molar-refractivity contribution is -0.360. The third kappa shape index (κ3) is 3.55. The van der Waals surface area contributed by atoms with Crippen LogP contribution in [0.2, 0.25) is 0 Å². The zero-order chi connectivity index (χ0) is 13.7. The Hall–Kier alpha value is -2.35. The van der Waals surface area contributed by atoms with Crippen LogP contribution in [0.4, 0.5) is 5.69 Å². The Bertz CT molecular complexity index is 595. The van der Waals surface area contributed by atoms with Crippen LogP contribution in [-0.2, 0) is 0 Å². The van der Waals surface area contributed by atoms with Crippen molar-refractivity contribution in [2.45, 2.75) is 13.8 Å². The molecule has 2 nitrogen and oxygen atoms in total. The number of allylic oxidation sites excluding steroid dienone is 1. The van der Waals surface area contributed by atoms with E-state index in [2.05, 4.69) is 0 Å². The molecule has 0 radical (unpaired) electrons. The van der Waals surface area contributed by atoms with E-state index in [4.69, 9.17) is 0 Å². The monoisotopic (exact) mass is 251 g/mol.